The van der Waals surface area contributed by atoms with Crippen LogP contribution in [0.2, 0.25) is 0 Å². The van der Waals surface area contributed by atoms with E-state index in [0.29, 0.717) is 10.6 Å². The Kier molecular flexibility index (Phi) is 3.13. The van der Waals surface area contributed by atoms with Gasteiger partial charge in [-0.15, -0.1) is 0 Å². The number of rotatable bonds is 1. The van der Waals surface area contributed by atoms with E-state index in [1.165, 1.54) is 31.3 Å². The minimum Gasteiger partial charge on any atom is -0.374 e. The normalized spacial score (nSPS) is 63.7. The van der Waals surface area contributed by atoms with Crippen LogP contribution in [-0.2, 0) is 0 Å². The summed E-state index contributed by atoms with van der Waals surface area (Å²) < 4.78 is 0. The summed E-state index contributed by atoms with van der Waals surface area (Å²) in [5.41, 5.74) is 7.48. The molecule has 0 aromatic heterocycles. The number of hydrogen-bond acceptors (Lipinski definition) is 1. The number of hydrogen-bond donors (Lipinski definition) is 1. The zero-order chi connectivity index (χ0) is 18.2. The largest absolute Gasteiger partial charge is 0.374 e. The van der Waals surface area contributed by atoms with E-state index in [1.54, 1.807) is 12.8 Å². The molecule has 27 heavy (non-hydrogen) atoms. The highest BCUT2D eigenvalue weighted by Crippen LogP contribution is 2.88. The van der Waals surface area contributed by atoms with Gasteiger partial charge in [0.2, 0.25) is 0 Å². The summed E-state index contributed by atoms with van der Waals surface area (Å²) in [4.78, 5) is 4.35. The van der Waals surface area contributed by atoms with E-state index >= 15 is 0 Å². The molecular formula is C23H30Cl2N2. The molecule has 11 unspecified atom stereocenters. The van der Waals surface area contributed by atoms with Crippen molar-refractivity contribution in [1.29, 1.82) is 0 Å². The first-order valence-electron chi connectivity index (χ1n) is 11.4. The van der Waals surface area contributed by atoms with Gasteiger partial charge in [-0.3, -0.25) is 0 Å². The second-order valence-electron chi connectivity index (χ2n) is 11.3. The van der Waals surface area contributed by atoms with E-state index in [9.17, 15) is 0 Å². The Morgan fingerprint density at radius 2 is 1.48 bits per heavy atom. The Labute approximate surface area is 172 Å². The third-order valence-corrected chi connectivity index (χ3v) is 11.5. The van der Waals surface area contributed by atoms with Crippen LogP contribution >= 0.6 is 23.2 Å². The van der Waals surface area contributed by atoms with Crippen molar-refractivity contribution in [3.63, 3.8) is 0 Å². The third-order valence-electron chi connectivity index (χ3n) is 11.1. The second kappa shape index (κ2) is 5.09. The topological polar surface area (TPSA) is 38.4 Å². The molecule has 7 saturated carbocycles. The predicted octanol–water partition coefficient (Wildman–Crippen LogP) is 5.60. The molecule has 1 spiro atoms. The van der Waals surface area contributed by atoms with Crippen LogP contribution in [0.5, 0.6) is 0 Å². The highest BCUT2D eigenvalue weighted by molar-refractivity contribution is 6.64. The maximum Gasteiger partial charge on any atom is 0.194 e. The van der Waals surface area contributed by atoms with Crippen molar-refractivity contribution in [3.05, 3.63) is 10.7 Å². The molecule has 0 aliphatic heterocycles. The van der Waals surface area contributed by atoms with Crippen molar-refractivity contribution < 1.29 is 0 Å². The molecule has 7 aliphatic carbocycles. The zero-order valence-electron chi connectivity index (χ0n) is 16.1. The Hall–Kier alpha value is -0.210. The predicted molar refractivity (Wildman–Crippen MR) is 109 cm³/mol. The molecule has 7 fully saturated rings. The maximum absolute atomic E-state index is 6.79. The van der Waals surface area contributed by atoms with E-state index in [0.717, 1.165) is 71.5 Å². The molecule has 0 radical (unpaired) electrons. The van der Waals surface area contributed by atoms with E-state index in [2.05, 4.69) is 11.9 Å². The SMILES string of the molecule is CC1CC/C(=C(Cl)/N=C(\N)Cl)C2(C1)C1CCC2C2C3C4C5CCC5C4C3C21. The van der Waals surface area contributed by atoms with Gasteiger partial charge in [0.1, 0.15) is 5.16 Å². The molecule has 7 aliphatic rings. The lowest BCUT2D eigenvalue weighted by Crippen LogP contribution is -2.77. The summed E-state index contributed by atoms with van der Waals surface area (Å²) in [6.45, 7) is 2.46. The van der Waals surface area contributed by atoms with Crippen molar-refractivity contribution in [2.75, 3.05) is 0 Å². The van der Waals surface area contributed by atoms with E-state index in [4.69, 9.17) is 28.9 Å². The Morgan fingerprint density at radius 3 is 2.00 bits per heavy atom. The molecule has 0 amide bonds. The average Bonchev–Trinajstić information content (AvgIpc) is 2.99. The number of nitrogens with zero attached hydrogens (tertiary/aromatic N) is 1. The van der Waals surface area contributed by atoms with Gasteiger partial charge in [0.05, 0.1) is 0 Å². The number of nitrogens with two attached hydrogens (primary N) is 1. The van der Waals surface area contributed by atoms with Crippen LogP contribution < -0.4 is 5.73 Å². The smallest absolute Gasteiger partial charge is 0.194 e. The molecule has 7 rings (SSSR count). The van der Waals surface area contributed by atoms with Gasteiger partial charge in [0.25, 0.3) is 0 Å². The van der Waals surface area contributed by atoms with Crippen LogP contribution in [0.1, 0.15) is 51.9 Å². The first-order chi connectivity index (χ1) is 13.0. The lowest BCUT2D eigenvalue weighted by molar-refractivity contribution is -0.345. The van der Waals surface area contributed by atoms with Gasteiger partial charge in [0.15, 0.2) is 5.29 Å². The summed E-state index contributed by atoms with van der Waals surface area (Å²) >= 11 is 12.7. The van der Waals surface area contributed by atoms with Crippen LogP contribution in [0.4, 0.5) is 0 Å². The summed E-state index contributed by atoms with van der Waals surface area (Å²) in [7, 11) is 0. The van der Waals surface area contributed by atoms with Crippen LogP contribution in [0.25, 0.3) is 0 Å². The van der Waals surface area contributed by atoms with Crippen LogP contribution in [0.3, 0.4) is 0 Å². The number of fused-ring (bicyclic) bond motifs is 12. The zero-order valence-corrected chi connectivity index (χ0v) is 17.6. The van der Waals surface area contributed by atoms with Gasteiger partial charge >= 0.3 is 0 Å². The van der Waals surface area contributed by atoms with Crippen molar-refractivity contribution in [1.82, 2.24) is 0 Å². The van der Waals surface area contributed by atoms with Crippen molar-refractivity contribution >= 4 is 28.5 Å². The van der Waals surface area contributed by atoms with Gasteiger partial charge < -0.3 is 5.73 Å². The Bertz CT molecular complexity index is 747. The summed E-state index contributed by atoms with van der Waals surface area (Å²) in [5.74, 6) is 11.3. The Balaban J connectivity index is 1.31. The molecule has 0 aromatic carbocycles. The third kappa shape index (κ3) is 1.66. The monoisotopic (exact) mass is 404 g/mol. The molecule has 11 atom stereocenters. The summed E-state index contributed by atoms with van der Waals surface area (Å²) in [5, 5.41) is 0.729. The lowest BCUT2D eigenvalue weighted by Gasteiger charge is -2.82. The van der Waals surface area contributed by atoms with Gasteiger partial charge in [-0.1, -0.05) is 18.5 Å². The molecule has 0 saturated heterocycles. The Morgan fingerprint density at radius 1 is 0.889 bits per heavy atom. The minimum absolute atomic E-state index is 0.0873. The fourth-order valence-corrected chi connectivity index (χ4v) is 11.2. The quantitative estimate of drug-likeness (QED) is 0.262. The summed E-state index contributed by atoms with van der Waals surface area (Å²) in [6, 6.07) is 0. The van der Waals surface area contributed by atoms with Crippen molar-refractivity contribution in [2.24, 2.45) is 81.2 Å². The molecule has 2 nitrogen and oxygen atoms in total. The van der Waals surface area contributed by atoms with Crippen LogP contribution in [0, 0.1) is 70.5 Å². The maximum atomic E-state index is 6.79. The van der Waals surface area contributed by atoms with Crippen LogP contribution in [0.15, 0.2) is 15.7 Å². The first-order valence-corrected chi connectivity index (χ1v) is 12.2. The average molecular weight is 405 g/mol. The van der Waals surface area contributed by atoms with E-state index in [-0.39, 0.29) is 5.29 Å². The fraction of sp³-hybridized carbons (Fsp3) is 0.870. The minimum atomic E-state index is 0.0873. The summed E-state index contributed by atoms with van der Waals surface area (Å²) in [6.07, 6.45) is 9.63. The van der Waals surface area contributed by atoms with Crippen LogP contribution in [-0.4, -0.2) is 5.29 Å². The second-order valence-corrected chi connectivity index (χ2v) is 12.0. The molecule has 146 valence electrons. The van der Waals surface area contributed by atoms with E-state index in [1.807, 2.05) is 0 Å². The molecule has 2 bridgehead atoms. The first kappa shape index (κ1) is 16.6. The highest BCUT2D eigenvalue weighted by Gasteiger charge is 2.83. The fourth-order valence-electron chi connectivity index (χ4n) is 10.7. The number of allylic oxidation sites excluding steroid dienone is 1. The number of aliphatic imine (C=N–C) groups is 1. The van der Waals surface area contributed by atoms with Gasteiger partial charge in [-0.05, 0) is 127 Å². The van der Waals surface area contributed by atoms with Gasteiger partial charge in [-0.2, -0.15) is 0 Å². The van der Waals surface area contributed by atoms with Gasteiger partial charge in [-0.25, -0.2) is 4.99 Å². The number of halogens is 2. The van der Waals surface area contributed by atoms with Crippen molar-refractivity contribution in [2.45, 2.75) is 51.9 Å². The molecule has 0 aromatic rings. The number of amidine groups is 1. The van der Waals surface area contributed by atoms with E-state index < -0.39 is 0 Å². The van der Waals surface area contributed by atoms with Crippen molar-refractivity contribution in [3.8, 4) is 0 Å². The lowest BCUT2D eigenvalue weighted by atomic mass is 9.23. The molecule has 0 heterocycles. The standard InChI is InChI=1S/C23H30Cl2N2/c1-9-2-5-14(21(24)27-22(25)26)23(8-9)12-6-7-13(23)18-17(12)19-15-10-3-4-11(10)16(15)20(18)19/h9-13,15-20H,2-8H2,1H3,(H2,26,27)/b21-14-. The molecule has 2 N–H and O–H groups in total. The van der Waals surface area contributed by atoms with Gasteiger partial charge in [0, 0.05) is 5.41 Å². The molecular weight excluding hydrogens is 375 g/mol. The highest BCUT2D eigenvalue weighted by atomic mass is 35.5. The molecule has 4 heteroatoms.